The van der Waals surface area contributed by atoms with E-state index in [0.717, 1.165) is 5.56 Å². The zero-order valence-corrected chi connectivity index (χ0v) is 15.0. The van der Waals surface area contributed by atoms with Crippen molar-refractivity contribution in [2.24, 2.45) is 0 Å². The van der Waals surface area contributed by atoms with Crippen LogP contribution in [0.3, 0.4) is 0 Å². The van der Waals surface area contributed by atoms with Crippen LogP contribution >= 0.6 is 0 Å². The van der Waals surface area contributed by atoms with E-state index in [-0.39, 0.29) is 6.04 Å². The van der Waals surface area contributed by atoms with Crippen molar-refractivity contribution < 1.29 is 23.7 Å². The minimum Gasteiger partial charge on any atom is -0.496 e. The molecule has 0 spiro atoms. The van der Waals surface area contributed by atoms with E-state index in [9.17, 15) is 4.79 Å². The number of nitrogens with one attached hydrogen (secondary N) is 1. The van der Waals surface area contributed by atoms with Gasteiger partial charge in [-0.15, -0.1) is 0 Å². The number of carbonyl (C=O) groups is 1. The van der Waals surface area contributed by atoms with E-state index in [0.29, 0.717) is 23.7 Å². The number of carbonyl (C=O) groups excluding carboxylic acids is 1. The summed E-state index contributed by atoms with van der Waals surface area (Å²) in [7, 11) is 4.71. The highest BCUT2D eigenvalue weighted by molar-refractivity contribution is 5.69. The fraction of sp³-hybridized carbons (Fsp3) is 0.588. The topological polar surface area (TPSA) is 66.0 Å². The molecule has 0 radical (unpaired) electrons. The number of hydrogen-bond acceptors (Lipinski definition) is 5. The Bertz CT molecular complexity index is 511. The summed E-state index contributed by atoms with van der Waals surface area (Å²) in [5.74, 6) is 1.79. The Balaban J connectivity index is 3.16. The molecule has 6 nitrogen and oxygen atoms in total. The molecule has 1 aromatic carbocycles. The lowest BCUT2D eigenvalue weighted by atomic mass is 10.0. The molecule has 0 aromatic heterocycles. The van der Waals surface area contributed by atoms with Gasteiger partial charge in [0.05, 0.1) is 32.9 Å². The quantitative estimate of drug-likeness (QED) is 0.864. The van der Waals surface area contributed by atoms with Crippen molar-refractivity contribution in [1.82, 2.24) is 5.32 Å². The van der Waals surface area contributed by atoms with Gasteiger partial charge in [-0.3, -0.25) is 0 Å². The van der Waals surface area contributed by atoms with Crippen LogP contribution in [-0.2, 0) is 4.74 Å². The van der Waals surface area contributed by atoms with Gasteiger partial charge in [0.2, 0.25) is 0 Å². The fourth-order valence-electron chi connectivity index (χ4n) is 2.20. The van der Waals surface area contributed by atoms with Crippen molar-refractivity contribution in [3.8, 4) is 17.2 Å². The Kier molecular flexibility index (Phi) is 6.54. The summed E-state index contributed by atoms with van der Waals surface area (Å²) in [6, 6.07) is 3.22. The van der Waals surface area contributed by atoms with Gasteiger partial charge in [-0.2, -0.15) is 0 Å². The van der Waals surface area contributed by atoms with Crippen LogP contribution in [0.2, 0.25) is 0 Å². The molecule has 1 rings (SSSR count). The standard InChI is InChI=1S/C17H27NO5/c1-8-12(18-16(19)23-17(2,3)4)15-13(21-6)9-11(20-5)10-14(15)22-7/h9-10,12H,8H2,1-7H3,(H,18,19). The van der Waals surface area contributed by atoms with Crippen LogP contribution < -0.4 is 19.5 Å². The summed E-state index contributed by atoms with van der Waals surface area (Å²) < 4.78 is 21.5. The number of methoxy groups -OCH3 is 3. The molecule has 0 fully saturated rings. The van der Waals surface area contributed by atoms with Crippen LogP contribution in [0, 0.1) is 0 Å². The number of amides is 1. The van der Waals surface area contributed by atoms with E-state index in [4.69, 9.17) is 18.9 Å². The van der Waals surface area contributed by atoms with Gasteiger partial charge in [-0.05, 0) is 27.2 Å². The second kappa shape index (κ2) is 7.94. The zero-order chi connectivity index (χ0) is 17.6. The predicted molar refractivity (Wildman–Crippen MR) is 88.5 cm³/mol. The third kappa shape index (κ3) is 5.23. The van der Waals surface area contributed by atoms with Crippen molar-refractivity contribution in [2.45, 2.75) is 45.8 Å². The minimum absolute atomic E-state index is 0.305. The molecule has 0 aliphatic carbocycles. The first-order valence-corrected chi connectivity index (χ1v) is 7.55. The van der Waals surface area contributed by atoms with Crippen LogP contribution in [0.1, 0.15) is 45.7 Å². The van der Waals surface area contributed by atoms with Crippen LogP contribution in [0.15, 0.2) is 12.1 Å². The van der Waals surface area contributed by atoms with Gasteiger partial charge in [0, 0.05) is 12.1 Å². The maximum Gasteiger partial charge on any atom is 0.408 e. The SMILES string of the molecule is CCC(NC(=O)OC(C)(C)C)c1c(OC)cc(OC)cc1OC. The second-order valence-corrected chi connectivity index (χ2v) is 6.05. The molecule has 1 N–H and O–H groups in total. The number of hydrogen-bond donors (Lipinski definition) is 1. The molecule has 0 saturated carbocycles. The lowest BCUT2D eigenvalue weighted by molar-refractivity contribution is 0.0501. The highest BCUT2D eigenvalue weighted by atomic mass is 16.6. The summed E-state index contributed by atoms with van der Waals surface area (Å²) >= 11 is 0. The van der Waals surface area contributed by atoms with Gasteiger partial charge < -0.3 is 24.3 Å². The maximum absolute atomic E-state index is 12.1. The minimum atomic E-state index is -0.559. The average Bonchev–Trinajstić information content (AvgIpc) is 2.49. The molecular weight excluding hydrogens is 298 g/mol. The number of benzene rings is 1. The van der Waals surface area contributed by atoms with E-state index < -0.39 is 11.7 Å². The van der Waals surface area contributed by atoms with Crippen LogP contribution in [0.25, 0.3) is 0 Å². The summed E-state index contributed by atoms with van der Waals surface area (Å²) in [5.41, 5.74) is 0.195. The van der Waals surface area contributed by atoms with Crippen LogP contribution in [0.5, 0.6) is 17.2 Å². The molecule has 0 bridgehead atoms. The maximum atomic E-state index is 12.1. The van der Waals surface area contributed by atoms with E-state index in [1.54, 1.807) is 33.5 Å². The smallest absolute Gasteiger partial charge is 0.408 e. The molecule has 130 valence electrons. The largest absolute Gasteiger partial charge is 0.496 e. The van der Waals surface area contributed by atoms with E-state index in [2.05, 4.69) is 5.32 Å². The lowest BCUT2D eigenvalue weighted by Crippen LogP contribution is -2.35. The number of alkyl carbamates (subject to hydrolysis) is 1. The Hall–Kier alpha value is -2.11. The van der Waals surface area contributed by atoms with Crippen molar-refractivity contribution in [2.75, 3.05) is 21.3 Å². The van der Waals surface area contributed by atoms with Crippen molar-refractivity contribution in [1.29, 1.82) is 0 Å². The van der Waals surface area contributed by atoms with E-state index >= 15 is 0 Å². The monoisotopic (exact) mass is 325 g/mol. The van der Waals surface area contributed by atoms with Gasteiger partial charge in [-0.1, -0.05) is 6.92 Å². The highest BCUT2D eigenvalue weighted by Crippen LogP contribution is 2.39. The molecule has 0 heterocycles. The molecule has 0 saturated heterocycles. The van der Waals surface area contributed by atoms with Crippen LogP contribution in [0.4, 0.5) is 4.79 Å². The summed E-state index contributed by atoms with van der Waals surface area (Å²) in [4.78, 5) is 12.1. The molecule has 1 aromatic rings. The molecule has 23 heavy (non-hydrogen) atoms. The zero-order valence-electron chi connectivity index (χ0n) is 15.0. The first-order valence-electron chi connectivity index (χ1n) is 7.55. The number of ether oxygens (including phenoxy) is 4. The summed E-state index contributed by atoms with van der Waals surface area (Å²) in [5, 5.41) is 2.86. The Morgan fingerprint density at radius 3 is 1.96 bits per heavy atom. The lowest BCUT2D eigenvalue weighted by Gasteiger charge is -2.25. The Morgan fingerprint density at radius 1 is 1.09 bits per heavy atom. The molecule has 1 atom stereocenters. The molecule has 0 aliphatic rings. The summed E-state index contributed by atoms with van der Waals surface area (Å²) in [6.07, 6.45) is 0.169. The molecule has 1 amide bonds. The van der Waals surface area contributed by atoms with Crippen molar-refractivity contribution in [3.05, 3.63) is 17.7 Å². The predicted octanol–water partition coefficient (Wildman–Crippen LogP) is 3.69. The van der Waals surface area contributed by atoms with Gasteiger partial charge in [0.25, 0.3) is 0 Å². The molecule has 1 unspecified atom stereocenters. The summed E-state index contributed by atoms with van der Waals surface area (Å²) in [6.45, 7) is 7.43. The van der Waals surface area contributed by atoms with Gasteiger partial charge in [0.15, 0.2) is 0 Å². The molecule has 0 aliphatic heterocycles. The third-order valence-electron chi connectivity index (χ3n) is 3.20. The Labute approximate surface area is 138 Å². The highest BCUT2D eigenvalue weighted by Gasteiger charge is 2.25. The van der Waals surface area contributed by atoms with Gasteiger partial charge in [-0.25, -0.2) is 4.79 Å². The van der Waals surface area contributed by atoms with E-state index in [1.807, 2.05) is 27.7 Å². The number of rotatable bonds is 6. The molecule has 6 heteroatoms. The van der Waals surface area contributed by atoms with Crippen molar-refractivity contribution >= 4 is 6.09 Å². The van der Waals surface area contributed by atoms with Gasteiger partial charge >= 0.3 is 6.09 Å². The van der Waals surface area contributed by atoms with Crippen LogP contribution in [-0.4, -0.2) is 33.0 Å². The van der Waals surface area contributed by atoms with Crippen molar-refractivity contribution in [3.63, 3.8) is 0 Å². The fourth-order valence-corrected chi connectivity index (χ4v) is 2.20. The normalized spacial score (nSPS) is 12.3. The second-order valence-electron chi connectivity index (χ2n) is 6.05. The van der Waals surface area contributed by atoms with E-state index in [1.165, 1.54) is 0 Å². The molecular formula is C17H27NO5. The first kappa shape index (κ1) is 18.9. The third-order valence-corrected chi connectivity index (χ3v) is 3.20. The van der Waals surface area contributed by atoms with Gasteiger partial charge in [0.1, 0.15) is 22.8 Å². The Morgan fingerprint density at radius 2 is 1.61 bits per heavy atom. The first-order chi connectivity index (χ1) is 10.8. The average molecular weight is 325 g/mol.